The first-order valence-electron chi connectivity index (χ1n) is 7.13. The molecule has 1 heterocycles. The average molecular weight is 352 g/mol. The van der Waals surface area contributed by atoms with Crippen molar-refractivity contribution in [3.63, 3.8) is 0 Å². The van der Waals surface area contributed by atoms with Crippen LogP contribution >= 0.6 is 27.3 Å². The van der Waals surface area contributed by atoms with Gasteiger partial charge in [-0.15, -0.1) is 11.3 Å². The van der Waals surface area contributed by atoms with Crippen LogP contribution in [0.4, 0.5) is 0 Å². The molecule has 0 aliphatic heterocycles. The molecule has 1 fully saturated rings. The molecular formula is C16H18BrNOS. The van der Waals surface area contributed by atoms with Crippen LogP contribution in [-0.4, -0.2) is 17.3 Å². The summed E-state index contributed by atoms with van der Waals surface area (Å²) in [5, 5.41) is 5.37. The van der Waals surface area contributed by atoms with Gasteiger partial charge in [-0.05, 0) is 36.3 Å². The minimum atomic E-state index is 0.0871. The highest BCUT2D eigenvalue weighted by Gasteiger charge is 2.26. The number of thiophene rings is 1. The van der Waals surface area contributed by atoms with Gasteiger partial charge in [0, 0.05) is 16.1 Å². The van der Waals surface area contributed by atoms with Crippen molar-refractivity contribution in [2.24, 2.45) is 5.92 Å². The van der Waals surface area contributed by atoms with E-state index in [0.29, 0.717) is 12.0 Å². The van der Waals surface area contributed by atoms with Crippen molar-refractivity contribution >= 4 is 43.3 Å². The number of hydrogen-bond acceptors (Lipinski definition) is 2. The molecule has 2 aromatic rings. The second-order valence-corrected chi connectivity index (χ2v) is 7.16. The van der Waals surface area contributed by atoms with E-state index in [1.807, 2.05) is 18.2 Å². The van der Waals surface area contributed by atoms with E-state index in [2.05, 4.69) is 33.4 Å². The molecule has 1 amide bonds. The molecule has 0 radical (unpaired) electrons. The lowest BCUT2D eigenvalue weighted by molar-refractivity contribution is 0.0916. The Bertz CT molecular complexity index is 576. The average Bonchev–Trinajstić information content (AvgIpc) is 2.92. The maximum Gasteiger partial charge on any atom is 0.261 e. The second-order valence-electron chi connectivity index (χ2n) is 5.43. The molecule has 106 valence electrons. The highest BCUT2D eigenvalue weighted by Crippen LogP contribution is 2.28. The molecular weight excluding hydrogens is 334 g/mol. The van der Waals surface area contributed by atoms with Gasteiger partial charge in [0.25, 0.3) is 5.91 Å². The molecule has 2 unspecified atom stereocenters. The Morgan fingerprint density at radius 2 is 2.10 bits per heavy atom. The van der Waals surface area contributed by atoms with Gasteiger partial charge in [-0.3, -0.25) is 4.79 Å². The van der Waals surface area contributed by atoms with Crippen LogP contribution in [-0.2, 0) is 0 Å². The van der Waals surface area contributed by atoms with Gasteiger partial charge in [0.1, 0.15) is 0 Å². The fourth-order valence-electron chi connectivity index (χ4n) is 2.92. The van der Waals surface area contributed by atoms with E-state index >= 15 is 0 Å². The van der Waals surface area contributed by atoms with E-state index in [-0.39, 0.29) is 5.91 Å². The monoisotopic (exact) mass is 351 g/mol. The van der Waals surface area contributed by atoms with Crippen LogP contribution in [0.3, 0.4) is 0 Å². The summed E-state index contributed by atoms with van der Waals surface area (Å²) in [7, 11) is 0. The van der Waals surface area contributed by atoms with Gasteiger partial charge in [0.15, 0.2) is 0 Å². The summed E-state index contributed by atoms with van der Waals surface area (Å²) < 4.78 is 1.18. The highest BCUT2D eigenvalue weighted by atomic mass is 79.9. The van der Waals surface area contributed by atoms with Crippen LogP contribution in [0.25, 0.3) is 10.1 Å². The third-order valence-corrected chi connectivity index (χ3v) is 6.02. The van der Waals surface area contributed by atoms with E-state index in [1.165, 1.54) is 24.0 Å². The number of carbonyl (C=O) groups excluding carboxylic acids is 1. The summed E-state index contributed by atoms with van der Waals surface area (Å²) in [5.74, 6) is 0.658. The fourth-order valence-corrected chi connectivity index (χ4v) is 4.66. The number of halogens is 1. The quantitative estimate of drug-likeness (QED) is 0.805. The Morgan fingerprint density at radius 1 is 1.30 bits per heavy atom. The Labute approximate surface area is 131 Å². The highest BCUT2D eigenvalue weighted by molar-refractivity contribution is 9.09. The molecule has 1 N–H and O–H groups in total. The number of hydrogen-bond donors (Lipinski definition) is 1. The number of rotatable bonds is 3. The molecule has 1 aromatic heterocycles. The molecule has 0 saturated heterocycles. The summed E-state index contributed by atoms with van der Waals surface area (Å²) in [6, 6.07) is 10.5. The summed E-state index contributed by atoms with van der Waals surface area (Å²) in [5.41, 5.74) is 0. The zero-order valence-corrected chi connectivity index (χ0v) is 13.7. The Balaban J connectivity index is 1.75. The lowest BCUT2D eigenvalue weighted by Gasteiger charge is -2.30. The molecule has 0 bridgehead atoms. The maximum absolute atomic E-state index is 12.4. The molecule has 1 aliphatic carbocycles. The Kier molecular flexibility index (Phi) is 4.41. The topological polar surface area (TPSA) is 29.1 Å². The van der Waals surface area contributed by atoms with Crippen molar-refractivity contribution in [2.75, 3.05) is 5.33 Å². The van der Waals surface area contributed by atoms with Crippen molar-refractivity contribution in [3.8, 4) is 0 Å². The smallest absolute Gasteiger partial charge is 0.261 e. The first kappa shape index (κ1) is 14.1. The Morgan fingerprint density at radius 3 is 2.90 bits per heavy atom. The zero-order valence-electron chi connectivity index (χ0n) is 11.3. The number of nitrogens with one attached hydrogen (secondary N) is 1. The third-order valence-electron chi connectivity index (χ3n) is 4.07. The summed E-state index contributed by atoms with van der Waals surface area (Å²) in [4.78, 5) is 13.3. The number of carbonyl (C=O) groups is 1. The van der Waals surface area contributed by atoms with Gasteiger partial charge in [-0.2, -0.15) is 0 Å². The molecule has 3 rings (SSSR count). The summed E-state index contributed by atoms with van der Waals surface area (Å²) in [6.07, 6.45) is 4.82. The van der Waals surface area contributed by atoms with Gasteiger partial charge in [-0.1, -0.05) is 47.0 Å². The van der Waals surface area contributed by atoms with Crippen molar-refractivity contribution in [1.82, 2.24) is 5.32 Å². The Hall–Kier alpha value is -0.870. The largest absolute Gasteiger partial charge is 0.348 e. The predicted molar refractivity (Wildman–Crippen MR) is 88.8 cm³/mol. The summed E-state index contributed by atoms with van der Waals surface area (Å²) >= 11 is 5.16. The maximum atomic E-state index is 12.4. The zero-order chi connectivity index (χ0) is 13.9. The number of benzene rings is 1. The lowest BCUT2D eigenvalue weighted by atomic mass is 9.86. The van der Waals surface area contributed by atoms with Crippen molar-refractivity contribution in [1.29, 1.82) is 0 Å². The normalized spacial score (nSPS) is 22.9. The van der Waals surface area contributed by atoms with E-state index in [1.54, 1.807) is 11.3 Å². The van der Waals surface area contributed by atoms with Crippen LogP contribution in [0.1, 0.15) is 35.4 Å². The van der Waals surface area contributed by atoms with Gasteiger partial charge in [0.05, 0.1) is 4.88 Å². The lowest BCUT2D eigenvalue weighted by Crippen LogP contribution is -2.42. The third kappa shape index (κ3) is 2.91. The van der Waals surface area contributed by atoms with Crippen LogP contribution in [0.5, 0.6) is 0 Å². The first-order valence-corrected chi connectivity index (χ1v) is 9.07. The van der Waals surface area contributed by atoms with Crippen molar-refractivity contribution in [2.45, 2.75) is 31.7 Å². The first-order chi connectivity index (χ1) is 9.78. The molecule has 2 atom stereocenters. The van der Waals surface area contributed by atoms with E-state index in [0.717, 1.165) is 22.0 Å². The van der Waals surface area contributed by atoms with E-state index in [4.69, 9.17) is 0 Å². The van der Waals surface area contributed by atoms with Gasteiger partial charge >= 0.3 is 0 Å². The molecule has 1 aromatic carbocycles. The van der Waals surface area contributed by atoms with E-state index in [9.17, 15) is 4.79 Å². The number of alkyl halides is 1. The molecule has 20 heavy (non-hydrogen) atoms. The van der Waals surface area contributed by atoms with E-state index < -0.39 is 0 Å². The van der Waals surface area contributed by atoms with Gasteiger partial charge in [-0.25, -0.2) is 0 Å². The predicted octanol–water partition coefficient (Wildman–Crippen LogP) is 4.58. The minimum absolute atomic E-state index is 0.0871. The van der Waals surface area contributed by atoms with Crippen molar-refractivity contribution in [3.05, 3.63) is 35.2 Å². The summed E-state index contributed by atoms with van der Waals surface area (Å²) in [6.45, 7) is 0. The second kappa shape index (κ2) is 6.27. The van der Waals surface area contributed by atoms with Crippen molar-refractivity contribution < 1.29 is 4.79 Å². The van der Waals surface area contributed by atoms with Crippen LogP contribution in [0.15, 0.2) is 30.3 Å². The van der Waals surface area contributed by atoms with Crippen LogP contribution in [0, 0.1) is 5.92 Å². The fraction of sp³-hybridized carbons (Fsp3) is 0.438. The molecule has 4 heteroatoms. The molecule has 0 spiro atoms. The number of amides is 1. The standard InChI is InChI=1S/C16H18BrNOS/c17-10-12-6-1-3-7-13(12)18-16(19)15-9-11-5-2-4-8-14(11)20-15/h2,4-5,8-9,12-13H,1,3,6-7,10H2,(H,18,19). The van der Waals surface area contributed by atoms with Gasteiger partial charge in [0.2, 0.25) is 0 Å². The van der Waals surface area contributed by atoms with Crippen LogP contribution < -0.4 is 5.32 Å². The molecule has 1 saturated carbocycles. The molecule has 2 nitrogen and oxygen atoms in total. The SMILES string of the molecule is O=C(NC1CCCCC1CBr)c1cc2ccccc2s1. The minimum Gasteiger partial charge on any atom is -0.348 e. The molecule has 1 aliphatic rings. The van der Waals surface area contributed by atoms with Crippen LogP contribution in [0.2, 0.25) is 0 Å². The van der Waals surface area contributed by atoms with Gasteiger partial charge < -0.3 is 5.32 Å². The number of fused-ring (bicyclic) bond motifs is 1.